The molecule has 0 saturated carbocycles. The fourth-order valence-electron chi connectivity index (χ4n) is 0.688. The molecule has 64 valence electrons. The second-order valence-electron chi connectivity index (χ2n) is 2.22. The number of hydrogen-bond donors (Lipinski definition) is 2. The molecule has 12 heavy (non-hydrogen) atoms. The molecule has 0 spiro atoms. The van der Waals surface area contributed by atoms with E-state index in [1.54, 1.807) is 18.5 Å². The minimum Gasteiger partial charge on any atom is -0.370 e. The van der Waals surface area contributed by atoms with Crippen molar-refractivity contribution in [2.75, 3.05) is 11.9 Å². The van der Waals surface area contributed by atoms with E-state index in [0.717, 1.165) is 0 Å². The molecular formula is C7H10N4O. The standard InChI is InChI=1S/C7H10N4O/c8-6(12)2-5-11-7-9-3-1-4-10-7/h1,3-4H,2,5H2,(H2,8,12)(H,9,10,11). The number of carbonyl (C=O) groups is 1. The zero-order chi connectivity index (χ0) is 8.81. The summed E-state index contributed by atoms with van der Waals surface area (Å²) < 4.78 is 0. The molecule has 1 aromatic heterocycles. The second kappa shape index (κ2) is 4.27. The van der Waals surface area contributed by atoms with Gasteiger partial charge in [0.25, 0.3) is 0 Å². The Bertz CT molecular complexity index is 249. The van der Waals surface area contributed by atoms with Crippen LogP contribution in [0.15, 0.2) is 18.5 Å². The molecule has 1 amide bonds. The number of nitrogens with zero attached hydrogens (tertiary/aromatic N) is 2. The summed E-state index contributed by atoms with van der Waals surface area (Å²) in [6, 6.07) is 1.72. The molecule has 0 unspecified atom stereocenters. The fraction of sp³-hybridized carbons (Fsp3) is 0.286. The number of carbonyl (C=O) groups excluding carboxylic acids is 1. The van der Waals surface area contributed by atoms with Gasteiger partial charge in [-0.15, -0.1) is 0 Å². The Hall–Kier alpha value is -1.65. The van der Waals surface area contributed by atoms with Crippen molar-refractivity contribution in [2.24, 2.45) is 5.73 Å². The lowest BCUT2D eigenvalue weighted by Gasteiger charge is -2.00. The van der Waals surface area contributed by atoms with Crippen molar-refractivity contribution in [1.82, 2.24) is 9.97 Å². The highest BCUT2D eigenvalue weighted by atomic mass is 16.1. The second-order valence-corrected chi connectivity index (χ2v) is 2.22. The quantitative estimate of drug-likeness (QED) is 0.647. The lowest BCUT2D eigenvalue weighted by Crippen LogP contribution is -2.16. The Labute approximate surface area is 70.0 Å². The third kappa shape index (κ3) is 2.96. The first-order chi connectivity index (χ1) is 5.79. The molecule has 0 aliphatic heterocycles. The van der Waals surface area contributed by atoms with E-state index in [2.05, 4.69) is 15.3 Å². The Morgan fingerprint density at radius 2 is 2.17 bits per heavy atom. The van der Waals surface area contributed by atoms with Gasteiger partial charge in [-0.25, -0.2) is 9.97 Å². The van der Waals surface area contributed by atoms with Gasteiger partial charge in [-0.1, -0.05) is 0 Å². The van der Waals surface area contributed by atoms with Gasteiger partial charge in [0.05, 0.1) is 0 Å². The molecule has 0 bridgehead atoms. The van der Waals surface area contributed by atoms with E-state index in [0.29, 0.717) is 12.5 Å². The number of anilines is 1. The van der Waals surface area contributed by atoms with Gasteiger partial charge in [0.1, 0.15) is 0 Å². The van der Waals surface area contributed by atoms with Crippen molar-refractivity contribution < 1.29 is 4.79 Å². The van der Waals surface area contributed by atoms with Gasteiger partial charge in [0.15, 0.2) is 0 Å². The van der Waals surface area contributed by atoms with Gasteiger partial charge in [-0.05, 0) is 6.07 Å². The van der Waals surface area contributed by atoms with Crippen LogP contribution in [-0.2, 0) is 4.79 Å². The van der Waals surface area contributed by atoms with E-state index in [1.165, 1.54) is 0 Å². The van der Waals surface area contributed by atoms with Gasteiger partial charge < -0.3 is 11.1 Å². The third-order valence-electron chi connectivity index (χ3n) is 1.22. The fourth-order valence-corrected chi connectivity index (χ4v) is 0.688. The first kappa shape index (κ1) is 8.45. The summed E-state index contributed by atoms with van der Waals surface area (Å²) in [4.78, 5) is 18.1. The van der Waals surface area contributed by atoms with Crippen LogP contribution in [0.1, 0.15) is 6.42 Å². The first-order valence-corrected chi connectivity index (χ1v) is 3.58. The van der Waals surface area contributed by atoms with Crippen LogP contribution >= 0.6 is 0 Å². The zero-order valence-corrected chi connectivity index (χ0v) is 6.53. The summed E-state index contributed by atoms with van der Waals surface area (Å²) in [6.45, 7) is 0.472. The predicted octanol–water partition coefficient (Wildman–Crippen LogP) is -0.236. The van der Waals surface area contributed by atoms with Gasteiger partial charge in [-0.2, -0.15) is 0 Å². The molecule has 0 radical (unpaired) electrons. The molecule has 0 atom stereocenters. The lowest BCUT2D eigenvalue weighted by atomic mass is 10.4. The average Bonchev–Trinajstić information content (AvgIpc) is 2.05. The van der Waals surface area contributed by atoms with Crippen LogP contribution < -0.4 is 11.1 Å². The molecule has 3 N–H and O–H groups in total. The van der Waals surface area contributed by atoms with Gasteiger partial charge >= 0.3 is 0 Å². The summed E-state index contributed by atoms with van der Waals surface area (Å²) in [6.07, 6.45) is 3.54. The van der Waals surface area contributed by atoms with Crippen LogP contribution in [0.5, 0.6) is 0 Å². The maximum Gasteiger partial charge on any atom is 0.222 e. The molecule has 1 rings (SSSR count). The maximum atomic E-state index is 10.3. The van der Waals surface area contributed by atoms with Crippen molar-refractivity contribution in [3.05, 3.63) is 18.5 Å². The Morgan fingerprint density at radius 3 is 2.75 bits per heavy atom. The summed E-state index contributed by atoms with van der Waals surface area (Å²) in [7, 11) is 0. The van der Waals surface area contributed by atoms with Crippen LogP contribution in [0, 0.1) is 0 Å². The smallest absolute Gasteiger partial charge is 0.222 e. The predicted molar refractivity (Wildman–Crippen MR) is 44.3 cm³/mol. The van der Waals surface area contributed by atoms with E-state index in [-0.39, 0.29) is 12.3 Å². The van der Waals surface area contributed by atoms with Crippen LogP contribution in [0.3, 0.4) is 0 Å². The first-order valence-electron chi connectivity index (χ1n) is 3.58. The number of aromatic nitrogens is 2. The highest BCUT2D eigenvalue weighted by Gasteiger charge is 1.94. The van der Waals surface area contributed by atoms with Crippen LogP contribution in [0.25, 0.3) is 0 Å². The number of primary amides is 1. The van der Waals surface area contributed by atoms with E-state index >= 15 is 0 Å². The van der Waals surface area contributed by atoms with E-state index in [9.17, 15) is 4.79 Å². The highest BCUT2D eigenvalue weighted by molar-refractivity contribution is 5.74. The summed E-state index contributed by atoms with van der Waals surface area (Å²) in [5.41, 5.74) is 4.94. The summed E-state index contributed by atoms with van der Waals surface area (Å²) >= 11 is 0. The topological polar surface area (TPSA) is 80.9 Å². The van der Waals surface area contributed by atoms with E-state index in [1.807, 2.05) is 0 Å². The van der Waals surface area contributed by atoms with Gasteiger partial charge in [0, 0.05) is 25.4 Å². The van der Waals surface area contributed by atoms with Gasteiger partial charge in [0.2, 0.25) is 11.9 Å². The van der Waals surface area contributed by atoms with Gasteiger partial charge in [-0.3, -0.25) is 4.79 Å². The van der Waals surface area contributed by atoms with Crippen molar-refractivity contribution in [2.45, 2.75) is 6.42 Å². The number of nitrogens with two attached hydrogens (primary N) is 1. The Balaban J connectivity index is 2.29. The lowest BCUT2D eigenvalue weighted by molar-refractivity contribution is -0.117. The summed E-state index contributed by atoms with van der Waals surface area (Å²) in [5, 5.41) is 2.85. The third-order valence-corrected chi connectivity index (χ3v) is 1.22. The molecule has 1 aromatic rings. The number of nitrogens with one attached hydrogen (secondary N) is 1. The number of hydrogen-bond acceptors (Lipinski definition) is 4. The van der Waals surface area contributed by atoms with Crippen molar-refractivity contribution >= 4 is 11.9 Å². The Morgan fingerprint density at radius 1 is 1.50 bits per heavy atom. The average molecular weight is 166 g/mol. The van der Waals surface area contributed by atoms with Crippen LogP contribution in [-0.4, -0.2) is 22.4 Å². The van der Waals surface area contributed by atoms with Crippen LogP contribution in [0.4, 0.5) is 5.95 Å². The monoisotopic (exact) mass is 166 g/mol. The SMILES string of the molecule is NC(=O)CCNc1ncccn1. The minimum absolute atomic E-state index is 0.290. The molecule has 5 nitrogen and oxygen atoms in total. The van der Waals surface area contributed by atoms with E-state index in [4.69, 9.17) is 5.73 Å². The normalized spacial score (nSPS) is 9.33. The minimum atomic E-state index is -0.335. The van der Waals surface area contributed by atoms with Crippen molar-refractivity contribution in [1.29, 1.82) is 0 Å². The number of amides is 1. The van der Waals surface area contributed by atoms with Crippen molar-refractivity contribution in [3.63, 3.8) is 0 Å². The molecule has 0 fully saturated rings. The Kier molecular flexibility index (Phi) is 3.01. The highest BCUT2D eigenvalue weighted by Crippen LogP contribution is 1.92. The number of rotatable bonds is 4. The van der Waals surface area contributed by atoms with E-state index < -0.39 is 0 Å². The molecule has 5 heteroatoms. The molecule has 0 aliphatic rings. The summed E-state index contributed by atoms with van der Waals surface area (Å²) in [5.74, 6) is 0.178. The molecule has 0 saturated heterocycles. The molecule has 1 heterocycles. The molecular weight excluding hydrogens is 156 g/mol. The largest absolute Gasteiger partial charge is 0.370 e. The zero-order valence-electron chi connectivity index (χ0n) is 6.53. The maximum absolute atomic E-state index is 10.3. The molecule has 0 aromatic carbocycles. The van der Waals surface area contributed by atoms with Crippen LogP contribution in [0.2, 0.25) is 0 Å². The molecule has 0 aliphatic carbocycles. The van der Waals surface area contributed by atoms with Crippen molar-refractivity contribution in [3.8, 4) is 0 Å².